The van der Waals surface area contributed by atoms with E-state index in [0.29, 0.717) is 5.82 Å². The molecule has 94 valence electrons. The van der Waals surface area contributed by atoms with Gasteiger partial charge in [0.25, 0.3) is 0 Å². The van der Waals surface area contributed by atoms with Crippen LogP contribution in [0.1, 0.15) is 37.3 Å². The van der Waals surface area contributed by atoms with Crippen molar-refractivity contribution in [3.05, 3.63) is 23.9 Å². The molecule has 1 saturated carbocycles. The summed E-state index contributed by atoms with van der Waals surface area (Å²) in [6.07, 6.45) is 7.12. The van der Waals surface area contributed by atoms with Crippen LogP contribution >= 0.6 is 11.8 Å². The fourth-order valence-electron chi connectivity index (χ4n) is 2.24. The van der Waals surface area contributed by atoms with Crippen molar-refractivity contribution < 1.29 is 0 Å². The summed E-state index contributed by atoms with van der Waals surface area (Å²) in [5, 5.41) is 0.795. The van der Waals surface area contributed by atoms with Gasteiger partial charge in [-0.3, -0.25) is 11.3 Å². The zero-order valence-electron chi connectivity index (χ0n) is 9.93. The Hall–Kier alpha value is -0.780. The Kier molecular flexibility index (Phi) is 4.65. The summed E-state index contributed by atoms with van der Waals surface area (Å²) in [6, 6.07) is 3.98. The molecule has 1 aromatic heterocycles. The highest BCUT2D eigenvalue weighted by Gasteiger charge is 2.19. The molecule has 17 heavy (non-hydrogen) atoms. The first-order valence-electron chi connectivity index (χ1n) is 6.09. The molecule has 1 aromatic rings. The second-order valence-electron chi connectivity index (χ2n) is 4.44. The number of hydrogen-bond acceptors (Lipinski definition) is 5. The maximum Gasteiger partial charge on any atom is 0.128 e. The minimum Gasteiger partial charge on any atom is -0.383 e. The van der Waals surface area contributed by atoms with Gasteiger partial charge < -0.3 is 5.73 Å². The van der Waals surface area contributed by atoms with E-state index in [9.17, 15) is 0 Å². The molecule has 1 fully saturated rings. The first kappa shape index (κ1) is 12.7. The Morgan fingerprint density at radius 1 is 1.47 bits per heavy atom. The van der Waals surface area contributed by atoms with Crippen molar-refractivity contribution in [2.24, 2.45) is 5.84 Å². The molecular formula is C12H20N4S. The van der Waals surface area contributed by atoms with E-state index in [1.165, 1.54) is 25.7 Å². The molecule has 0 amide bonds. The molecule has 5 heteroatoms. The van der Waals surface area contributed by atoms with Crippen LogP contribution in [0.2, 0.25) is 0 Å². The number of hydrogen-bond donors (Lipinski definition) is 3. The molecule has 1 aliphatic rings. The summed E-state index contributed by atoms with van der Waals surface area (Å²) < 4.78 is 0. The van der Waals surface area contributed by atoms with Crippen LogP contribution in [0.25, 0.3) is 0 Å². The minimum atomic E-state index is 0.0919. The Bertz CT molecular complexity index is 352. The molecule has 2 rings (SSSR count). The standard InChI is InChI=1S/C12H20N4S/c13-12-10(6-3-7-15-12)11(16-14)8-17-9-4-1-2-5-9/h3,6-7,9,11,16H,1-2,4-5,8,14H2,(H2,13,15). The van der Waals surface area contributed by atoms with Crippen molar-refractivity contribution in [2.75, 3.05) is 11.5 Å². The number of hydrazine groups is 1. The molecule has 0 aromatic carbocycles. The lowest BCUT2D eigenvalue weighted by Gasteiger charge is -2.19. The van der Waals surface area contributed by atoms with Crippen LogP contribution in [0.5, 0.6) is 0 Å². The number of nitrogens with zero attached hydrogens (tertiary/aromatic N) is 1. The van der Waals surface area contributed by atoms with E-state index in [4.69, 9.17) is 11.6 Å². The first-order valence-corrected chi connectivity index (χ1v) is 7.14. The summed E-state index contributed by atoms with van der Waals surface area (Å²) in [7, 11) is 0. The van der Waals surface area contributed by atoms with Crippen molar-refractivity contribution in [1.29, 1.82) is 0 Å². The molecule has 0 bridgehead atoms. The lowest BCUT2D eigenvalue weighted by atomic mass is 10.1. The van der Waals surface area contributed by atoms with Gasteiger partial charge in [-0.05, 0) is 18.9 Å². The smallest absolute Gasteiger partial charge is 0.128 e. The highest BCUT2D eigenvalue weighted by molar-refractivity contribution is 7.99. The van der Waals surface area contributed by atoms with E-state index in [-0.39, 0.29) is 6.04 Å². The molecule has 1 heterocycles. The van der Waals surface area contributed by atoms with Crippen molar-refractivity contribution in [2.45, 2.75) is 37.0 Å². The van der Waals surface area contributed by atoms with Gasteiger partial charge in [0.2, 0.25) is 0 Å². The quantitative estimate of drug-likeness (QED) is 0.550. The zero-order chi connectivity index (χ0) is 12.1. The average molecular weight is 252 g/mol. The topological polar surface area (TPSA) is 77.0 Å². The predicted octanol–water partition coefficient (Wildman–Crippen LogP) is 1.84. The largest absolute Gasteiger partial charge is 0.383 e. The maximum absolute atomic E-state index is 5.86. The molecule has 5 N–H and O–H groups in total. The van der Waals surface area contributed by atoms with Crippen LogP contribution in [-0.2, 0) is 0 Å². The lowest BCUT2D eigenvalue weighted by Crippen LogP contribution is -2.31. The second kappa shape index (κ2) is 6.23. The lowest BCUT2D eigenvalue weighted by molar-refractivity contribution is 0.609. The van der Waals surface area contributed by atoms with Crippen LogP contribution in [-0.4, -0.2) is 16.0 Å². The van der Waals surface area contributed by atoms with Crippen molar-refractivity contribution in [3.8, 4) is 0 Å². The van der Waals surface area contributed by atoms with E-state index in [1.807, 2.05) is 23.9 Å². The van der Waals surface area contributed by atoms with Crippen LogP contribution in [0, 0.1) is 0 Å². The number of nitrogen functional groups attached to an aromatic ring is 1. The number of thioether (sulfide) groups is 1. The fourth-order valence-corrected chi connectivity index (χ4v) is 3.65. The first-order chi connectivity index (χ1) is 8.31. The van der Waals surface area contributed by atoms with Gasteiger partial charge in [0.1, 0.15) is 5.82 Å². The van der Waals surface area contributed by atoms with Crippen LogP contribution in [0.3, 0.4) is 0 Å². The van der Waals surface area contributed by atoms with Gasteiger partial charge in [-0.25, -0.2) is 4.98 Å². The molecule has 0 radical (unpaired) electrons. The number of anilines is 1. The summed E-state index contributed by atoms with van der Waals surface area (Å²) in [5.41, 5.74) is 9.71. The molecule has 0 saturated heterocycles. The zero-order valence-corrected chi connectivity index (χ0v) is 10.7. The maximum atomic E-state index is 5.86. The fraction of sp³-hybridized carbons (Fsp3) is 0.583. The number of pyridine rings is 1. The summed E-state index contributed by atoms with van der Waals surface area (Å²) >= 11 is 1.99. The van der Waals surface area contributed by atoms with Gasteiger partial charge in [0, 0.05) is 22.8 Å². The van der Waals surface area contributed by atoms with Gasteiger partial charge in [-0.1, -0.05) is 18.9 Å². The molecule has 1 aliphatic carbocycles. The van der Waals surface area contributed by atoms with E-state index in [0.717, 1.165) is 16.6 Å². The van der Waals surface area contributed by atoms with Crippen molar-refractivity contribution in [1.82, 2.24) is 10.4 Å². The van der Waals surface area contributed by atoms with Crippen molar-refractivity contribution in [3.63, 3.8) is 0 Å². The molecule has 4 nitrogen and oxygen atoms in total. The molecule has 1 atom stereocenters. The summed E-state index contributed by atoms with van der Waals surface area (Å²) in [5.74, 6) is 7.14. The monoisotopic (exact) mass is 252 g/mol. The van der Waals surface area contributed by atoms with Crippen LogP contribution in [0.15, 0.2) is 18.3 Å². The Balaban J connectivity index is 1.94. The third kappa shape index (κ3) is 3.34. The Morgan fingerprint density at radius 3 is 2.88 bits per heavy atom. The Labute approximate surface area is 107 Å². The third-order valence-electron chi connectivity index (χ3n) is 3.25. The molecule has 1 unspecified atom stereocenters. The van der Waals surface area contributed by atoms with E-state index >= 15 is 0 Å². The number of rotatable bonds is 5. The Morgan fingerprint density at radius 2 is 2.24 bits per heavy atom. The molecule has 0 spiro atoms. The minimum absolute atomic E-state index is 0.0919. The van der Waals surface area contributed by atoms with E-state index in [1.54, 1.807) is 6.20 Å². The van der Waals surface area contributed by atoms with Crippen LogP contribution in [0.4, 0.5) is 5.82 Å². The highest BCUT2D eigenvalue weighted by atomic mass is 32.2. The van der Waals surface area contributed by atoms with E-state index < -0.39 is 0 Å². The third-order valence-corrected chi connectivity index (χ3v) is 4.72. The van der Waals surface area contributed by atoms with Crippen molar-refractivity contribution >= 4 is 17.6 Å². The normalized spacial score (nSPS) is 18.4. The van der Waals surface area contributed by atoms with Gasteiger partial charge in [0.05, 0.1) is 6.04 Å². The van der Waals surface area contributed by atoms with Gasteiger partial charge in [-0.15, -0.1) is 0 Å². The van der Waals surface area contributed by atoms with Crippen LogP contribution < -0.4 is 17.0 Å². The summed E-state index contributed by atoms with van der Waals surface area (Å²) in [4.78, 5) is 4.10. The van der Waals surface area contributed by atoms with Gasteiger partial charge in [-0.2, -0.15) is 11.8 Å². The van der Waals surface area contributed by atoms with Gasteiger partial charge >= 0.3 is 0 Å². The summed E-state index contributed by atoms with van der Waals surface area (Å²) in [6.45, 7) is 0. The SMILES string of the molecule is NNC(CSC1CCCC1)c1cccnc1N. The van der Waals surface area contributed by atoms with Gasteiger partial charge in [0.15, 0.2) is 0 Å². The average Bonchev–Trinajstić information content (AvgIpc) is 2.85. The number of nitrogens with one attached hydrogen (secondary N) is 1. The number of aromatic nitrogens is 1. The molecule has 0 aliphatic heterocycles. The molecular weight excluding hydrogens is 232 g/mol. The second-order valence-corrected chi connectivity index (χ2v) is 5.77. The highest BCUT2D eigenvalue weighted by Crippen LogP contribution is 2.32. The number of nitrogens with two attached hydrogens (primary N) is 2. The predicted molar refractivity (Wildman–Crippen MR) is 73.4 cm³/mol. The van der Waals surface area contributed by atoms with E-state index in [2.05, 4.69) is 10.4 Å².